The molecular weight excluding hydrogens is 408 g/mol. The standard InChI is InChI=1S/C18H21ClN2O6S/c1-25-15-8-6-5-7-14(15)21(28(4,23)24)11-18(22)20-13-10-16(26-2)12(19)9-17(13)27-3/h5-10H,11H2,1-4H3,(H,20,22). The summed E-state index contributed by atoms with van der Waals surface area (Å²) in [6, 6.07) is 9.50. The van der Waals surface area contributed by atoms with Crippen LogP contribution in [-0.2, 0) is 14.8 Å². The van der Waals surface area contributed by atoms with E-state index in [9.17, 15) is 13.2 Å². The van der Waals surface area contributed by atoms with Crippen molar-refractivity contribution in [2.75, 3.05) is 43.8 Å². The van der Waals surface area contributed by atoms with Crippen LogP contribution in [0.2, 0.25) is 5.02 Å². The summed E-state index contributed by atoms with van der Waals surface area (Å²) in [5.74, 6) is 0.385. The number of methoxy groups -OCH3 is 3. The van der Waals surface area contributed by atoms with E-state index < -0.39 is 22.5 Å². The van der Waals surface area contributed by atoms with Gasteiger partial charge in [0.1, 0.15) is 23.8 Å². The number of halogens is 1. The van der Waals surface area contributed by atoms with Crippen LogP contribution in [0.1, 0.15) is 0 Å². The average molecular weight is 429 g/mol. The monoisotopic (exact) mass is 428 g/mol. The lowest BCUT2D eigenvalue weighted by molar-refractivity contribution is -0.114. The zero-order valence-corrected chi connectivity index (χ0v) is 17.4. The smallest absolute Gasteiger partial charge is 0.245 e. The van der Waals surface area contributed by atoms with Gasteiger partial charge in [-0.2, -0.15) is 0 Å². The van der Waals surface area contributed by atoms with Crippen molar-refractivity contribution in [3.8, 4) is 17.2 Å². The van der Waals surface area contributed by atoms with E-state index in [1.165, 1.54) is 33.5 Å². The number of amides is 1. The first-order chi connectivity index (χ1) is 13.2. The number of sulfonamides is 1. The van der Waals surface area contributed by atoms with Crippen LogP contribution in [0, 0.1) is 0 Å². The number of benzene rings is 2. The summed E-state index contributed by atoms with van der Waals surface area (Å²) >= 11 is 6.06. The number of nitrogens with zero attached hydrogens (tertiary/aromatic N) is 1. The summed E-state index contributed by atoms with van der Waals surface area (Å²) in [6.45, 7) is -0.465. The first-order valence-electron chi connectivity index (χ1n) is 8.03. The molecule has 0 saturated heterocycles. The number of ether oxygens (including phenoxy) is 3. The van der Waals surface area contributed by atoms with Crippen molar-refractivity contribution in [1.29, 1.82) is 0 Å². The lowest BCUT2D eigenvalue weighted by Gasteiger charge is -2.24. The zero-order chi connectivity index (χ0) is 20.9. The number of nitrogens with one attached hydrogen (secondary N) is 1. The molecule has 0 bridgehead atoms. The maximum absolute atomic E-state index is 12.6. The Morgan fingerprint density at radius 1 is 1.04 bits per heavy atom. The van der Waals surface area contributed by atoms with Crippen molar-refractivity contribution in [3.05, 3.63) is 41.4 Å². The largest absolute Gasteiger partial charge is 0.495 e. The summed E-state index contributed by atoms with van der Waals surface area (Å²) in [4.78, 5) is 12.6. The fraction of sp³-hybridized carbons (Fsp3) is 0.278. The molecule has 0 saturated carbocycles. The number of para-hydroxylation sites is 2. The predicted molar refractivity (Wildman–Crippen MR) is 108 cm³/mol. The Morgan fingerprint density at radius 2 is 1.64 bits per heavy atom. The number of carbonyl (C=O) groups is 1. The summed E-state index contributed by atoms with van der Waals surface area (Å²) < 4.78 is 41.1. The lowest BCUT2D eigenvalue weighted by atomic mass is 10.2. The molecular formula is C18H21ClN2O6S. The quantitative estimate of drug-likeness (QED) is 0.694. The van der Waals surface area contributed by atoms with E-state index in [0.29, 0.717) is 28.0 Å². The molecule has 0 spiro atoms. The zero-order valence-electron chi connectivity index (χ0n) is 15.9. The molecule has 8 nitrogen and oxygen atoms in total. The second-order valence-electron chi connectivity index (χ2n) is 5.68. The highest BCUT2D eigenvalue weighted by atomic mass is 35.5. The van der Waals surface area contributed by atoms with Crippen molar-refractivity contribution in [2.24, 2.45) is 0 Å². The fourth-order valence-electron chi connectivity index (χ4n) is 2.50. The maximum atomic E-state index is 12.6. The molecule has 1 N–H and O–H groups in total. The molecule has 0 aliphatic heterocycles. The van der Waals surface area contributed by atoms with Crippen LogP contribution in [0.3, 0.4) is 0 Å². The Labute approximate surface area is 169 Å². The van der Waals surface area contributed by atoms with E-state index in [0.717, 1.165) is 10.6 Å². The van der Waals surface area contributed by atoms with Crippen LogP contribution in [-0.4, -0.2) is 48.5 Å². The normalized spacial score (nSPS) is 10.9. The molecule has 0 aromatic heterocycles. The minimum atomic E-state index is -3.76. The maximum Gasteiger partial charge on any atom is 0.245 e. The third-order valence-electron chi connectivity index (χ3n) is 3.79. The van der Waals surface area contributed by atoms with Crippen molar-refractivity contribution < 1.29 is 27.4 Å². The number of hydrogen-bond acceptors (Lipinski definition) is 6. The third kappa shape index (κ3) is 4.99. The molecule has 28 heavy (non-hydrogen) atoms. The first kappa shape index (κ1) is 21.6. The molecule has 0 radical (unpaired) electrons. The van der Waals surface area contributed by atoms with E-state index in [1.807, 2.05) is 0 Å². The van der Waals surface area contributed by atoms with Gasteiger partial charge in [-0.1, -0.05) is 23.7 Å². The number of anilines is 2. The van der Waals surface area contributed by atoms with Crippen LogP contribution >= 0.6 is 11.6 Å². The van der Waals surface area contributed by atoms with Gasteiger partial charge < -0.3 is 19.5 Å². The molecule has 0 aliphatic carbocycles. The van der Waals surface area contributed by atoms with Crippen LogP contribution in [0.25, 0.3) is 0 Å². The summed E-state index contributed by atoms with van der Waals surface area (Å²) in [5.41, 5.74) is 0.547. The second-order valence-corrected chi connectivity index (χ2v) is 7.99. The van der Waals surface area contributed by atoms with Crippen molar-refractivity contribution in [3.63, 3.8) is 0 Å². The Hall–Kier alpha value is -2.65. The van der Waals surface area contributed by atoms with E-state index in [2.05, 4.69) is 5.32 Å². The Kier molecular flexibility index (Phi) is 6.98. The topological polar surface area (TPSA) is 94.2 Å². The van der Waals surface area contributed by atoms with Gasteiger partial charge in [0, 0.05) is 12.1 Å². The molecule has 2 rings (SSSR count). The first-order valence-corrected chi connectivity index (χ1v) is 10.3. The van der Waals surface area contributed by atoms with Gasteiger partial charge in [0.05, 0.1) is 44.0 Å². The number of rotatable bonds is 8. The van der Waals surface area contributed by atoms with Crippen LogP contribution in [0.15, 0.2) is 36.4 Å². The van der Waals surface area contributed by atoms with Gasteiger partial charge in [-0.3, -0.25) is 9.10 Å². The molecule has 0 aliphatic rings. The molecule has 0 fully saturated rings. The van der Waals surface area contributed by atoms with Crippen molar-refractivity contribution in [1.82, 2.24) is 0 Å². The van der Waals surface area contributed by atoms with E-state index in [4.69, 9.17) is 25.8 Å². The highest BCUT2D eigenvalue weighted by molar-refractivity contribution is 7.92. The van der Waals surface area contributed by atoms with Gasteiger partial charge >= 0.3 is 0 Å². The van der Waals surface area contributed by atoms with Crippen molar-refractivity contribution in [2.45, 2.75) is 0 Å². The molecule has 0 unspecified atom stereocenters. The third-order valence-corrected chi connectivity index (χ3v) is 5.21. The van der Waals surface area contributed by atoms with Crippen molar-refractivity contribution >= 4 is 38.9 Å². The van der Waals surface area contributed by atoms with Gasteiger partial charge in [-0.25, -0.2) is 8.42 Å². The summed E-state index contributed by atoms with van der Waals surface area (Å²) in [6.07, 6.45) is 1.01. The predicted octanol–water partition coefficient (Wildman–Crippen LogP) is 2.77. The average Bonchev–Trinajstić information content (AvgIpc) is 2.66. The van der Waals surface area contributed by atoms with Crippen LogP contribution in [0.4, 0.5) is 11.4 Å². The van der Waals surface area contributed by atoms with Gasteiger partial charge in [-0.05, 0) is 12.1 Å². The van der Waals surface area contributed by atoms with Gasteiger partial charge in [0.2, 0.25) is 15.9 Å². The van der Waals surface area contributed by atoms with Gasteiger partial charge in [0.15, 0.2) is 0 Å². The van der Waals surface area contributed by atoms with E-state index >= 15 is 0 Å². The minimum absolute atomic E-state index is 0.253. The minimum Gasteiger partial charge on any atom is -0.495 e. The second kappa shape index (κ2) is 9.03. The molecule has 152 valence electrons. The number of carbonyl (C=O) groups excluding carboxylic acids is 1. The van der Waals surface area contributed by atoms with E-state index in [-0.39, 0.29) is 5.69 Å². The van der Waals surface area contributed by atoms with E-state index in [1.54, 1.807) is 24.3 Å². The Bertz CT molecular complexity index is 965. The lowest BCUT2D eigenvalue weighted by Crippen LogP contribution is -2.37. The highest BCUT2D eigenvalue weighted by Gasteiger charge is 2.24. The Balaban J connectivity index is 2.33. The highest BCUT2D eigenvalue weighted by Crippen LogP contribution is 2.36. The van der Waals surface area contributed by atoms with Gasteiger partial charge in [-0.15, -0.1) is 0 Å². The molecule has 1 amide bonds. The van der Waals surface area contributed by atoms with Gasteiger partial charge in [0.25, 0.3) is 0 Å². The molecule has 2 aromatic carbocycles. The van der Waals surface area contributed by atoms with Crippen LogP contribution in [0.5, 0.6) is 17.2 Å². The number of hydrogen-bond donors (Lipinski definition) is 1. The summed E-state index contributed by atoms with van der Waals surface area (Å²) in [7, 11) is 0.522. The fourth-order valence-corrected chi connectivity index (χ4v) is 3.59. The van der Waals surface area contributed by atoms with Crippen LogP contribution < -0.4 is 23.8 Å². The Morgan fingerprint density at radius 3 is 2.21 bits per heavy atom. The molecule has 10 heteroatoms. The molecule has 0 atom stereocenters. The molecule has 0 heterocycles. The summed E-state index contributed by atoms with van der Waals surface area (Å²) in [5, 5.41) is 2.93. The molecule has 2 aromatic rings. The SMILES string of the molecule is COc1cc(NC(=O)CN(c2ccccc2OC)S(C)(=O)=O)c(OC)cc1Cl.